The van der Waals surface area contributed by atoms with Gasteiger partial charge in [0, 0.05) is 12.7 Å². The number of hydrogen-bond donors (Lipinski definition) is 0. The Morgan fingerprint density at radius 3 is 3.00 bits per heavy atom. The largest absolute Gasteiger partial charge is 0.435 e. The van der Waals surface area contributed by atoms with Gasteiger partial charge in [-0.1, -0.05) is 18.5 Å². The van der Waals surface area contributed by atoms with Gasteiger partial charge in [-0.05, 0) is 28.4 Å². The maximum Gasteiger partial charge on any atom is 0.233 e. The maximum atomic E-state index is 5.80. The first-order chi connectivity index (χ1) is 8.19. The minimum absolute atomic E-state index is 0.477. The van der Waals surface area contributed by atoms with E-state index < -0.39 is 0 Å². The van der Waals surface area contributed by atoms with Crippen molar-refractivity contribution in [3.05, 3.63) is 34.2 Å². The fourth-order valence-electron chi connectivity index (χ4n) is 1.34. The number of pyridine rings is 1. The van der Waals surface area contributed by atoms with Gasteiger partial charge in [0.05, 0.1) is 21.9 Å². The van der Waals surface area contributed by atoms with Crippen LogP contribution in [0.4, 0.5) is 0 Å². The molecule has 0 radical (unpaired) electrons. The monoisotopic (exact) mass is 315 g/mol. The summed E-state index contributed by atoms with van der Waals surface area (Å²) < 4.78 is 8.14. The molecular weight excluding hydrogens is 305 g/mol. The molecule has 0 aromatic carbocycles. The molecule has 0 spiro atoms. The molecule has 2 aromatic rings. The van der Waals surface area contributed by atoms with Crippen LogP contribution in [-0.4, -0.2) is 14.8 Å². The average Bonchev–Trinajstić information content (AvgIpc) is 2.71. The lowest BCUT2D eigenvalue weighted by molar-refractivity contribution is 0.458. The molecule has 0 saturated carbocycles. The molecular formula is C11H11BrClN3O. The molecule has 0 aliphatic carbocycles. The fraction of sp³-hybridized carbons (Fsp3) is 0.273. The van der Waals surface area contributed by atoms with Gasteiger partial charge in [0.15, 0.2) is 5.75 Å². The number of aryl methyl sites for hydroxylation is 1. The molecule has 0 aliphatic rings. The minimum atomic E-state index is 0.477. The minimum Gasteiger partial charge on any atom is -0.435 e. The second-order valence-corrected chi connectivity index (χ2v) is 4.77. The van der Waals surface area contributed by atoms with Crippen LogP contribution in [0, 0.1) is 0 Å². The predicted molar refractivity (Wildman–Crippen MR) is 69.5 cm³/mol. The molecule has 0 amide bonds. The molecule has 90 valence electrons. The van der Waals surface area contributed by atoms with Crippen molar-refractivity contribution in [1.29, 1.82) is 0 Å². The topological polar surface area (TPSA) is 39.9 Å². The normalized spacial score (nSPS) is 10.5. The Hall–Kier alpha value is -1.07. The van der Waals surface area contributed by atoms with Crippen LogP contribution in [0.15, 0.2) is 29.1 Å². The third-order valence-corrected chi connectivity index (χ3v) is 2.83. The summed E-state index contributed by atoms with van der Waals surface area (Å²) in [5.41, 5.74) is 0. The van der Waals surface area contributed by atoms with Crippen LogP contribution in [0.3, 0.4) is 0 Å². The van der Waals surface area contributed by atoms with Crippen molar-refractivity contribution in [2.75, 3.05) is 0 Å². The van der Waals surface area contributed by atoms with E-state index >= 15 is 0 Å². The number of rotatable bonds is 4. The molecule has 0 fully saturated rings. The Kier molecular flexibility index (Phi) is 4.02. The van der Waals surface area contributed by atoms with Crippen LogP contribution in [0.25, 0.3) is 0 Å². The van der Waals surface area contributed by atoms with Crippen molar-refractivity contribution in [2.45, 2.75) is 19.9 Å². The van der Waals surface area contributed by atoms with Gasteiger partial charge in [0.1, 0.15) is 0 Å². The van der Waals surface area contributed by atoms with E-state index in [1.165, 1.54) is 6.20 Å². The Bertz CT molecular complexity index is 515. The molecule has 0 unspecified atom stereocenters. The van der Waals surface area contributed by atoms with Crippen molar-refractivity contribution < 1.29 is 4.74 Å². The Morgan fingerprint density at radius 1 is 1.47 bits per heavy atom. The average molecular weight is 317 g/mol. The first-order valence-electron chi connectivity index (χ1n) is 5.20. The van der Waals surface area contributed by atoms with Gasteiger partial charge in [-0.3, -0.25) is 4.68 Å². The predicted octanol–water partition coefficient (Wildman–Crippen LogP) is 3.90. The lowest BCUT2D eigenvalue weighted by Gasteiger charge is -2.03. The summed E-state index contributed by atoms with van der Waals surface area (Å²) in [4.78, 5) is 4.09. The Balaban J connectivity index is 2.13. The second-order valence-electron chi connectivity index (χ2n) is 3.48. The van der Waals surface area contributed by atoms with Crippen LogP contribution in [0.5, 0.6) is 11.6 Å². The van der Waals surface area contributed by atoms with Crippen LogP contribution in [-0.2, 0) is 6.54 Å². The highest BCUT2D eigenvalue weighted by molar-refractivity contribution is 9.10. The van der Waals surface area contributed by atoms with E-state index in [4.69, 9.17) is 16.3 Å². The van der Waals surface area contributed by atoms with Gasteiger partial charge in [0.25, 0.3) is 0 Å². The summed E-state index contributed by atoms with van der Waals surface area (Å²) in [5, 5.41) is 4.73. The van der Waals surface area contributed by atoms with E-state index in [9.17, 15) is 0 Å². The van der Waals surface area contributed by atoms with Crippen molar-refractivity contribution >= 4 is 27.5 Å². The zero-order chi connectivity index (χ0) is 12.3. The van der Waals surface area contributed by atoms with E-state index in [1.54, 1.807) is 12.3 Å². The van der Waals surface area contributed by atoms with Crippen LogP contribution < -0.4 is 4.74 Å². The van der Waals surface area contributed by atoms with Crippen molar-refractivity contribution in [3.8, 4) is 11.6 Å². The highest BCUT2D eigenvalue weighted by atomic mass is 79.9. The molecule has 0 aliphatic heterocycles. The van der Waals surface area contributed by atoms with Gasteiger partial charge < -0.3 is 4.74 Å². The number of ether oxygens (including phenoxy) is 1. The summed E-state index contributed by atoms with van der Waals surface area (Å²) in [5.74, 6) is 1.14. The van der Waals surface area contributed by atoms with Gasteiger partial charge in [0.2, 0.25) is 5.88 Å². The van der Waals surface area contributed by atoms with Crippen LogP contribution in [0.2, 0.25) is 5.02 Å². The third-order valence-electron chi connectivity index (χ3n) is 2.05. The molecule has 0 bridgehead atoms. The first-order valence-corrected chi connectivity index (χ1v) is 6.37. The van der Waals surface area contributed by atoms with Crippen molar-refractivity contribution in [3.63, 3.8) is 0 Å². The molecule has 17 heavy (non-hydrogen) atoms. The van der Waals surface area contributed by atoms with Crippen LogP contribution >= 0.6 is 27.5 Å². The van der Waals surface area contributed by atoms with Gasteiger partial charge >= 0.3 is 0 Å². The summed E-state index contributed by atoms with van der Waals surface area (Å²) >= 11 is 9.14. The summed E-state index contributed by atoms with van der Waals surface area (Å²) in [6.07, 6.45) is 6.08. The Morgan fingerprint density at radius 2 is 2.29 bits per heavy atom. The summed E-state index contributed by atoms with van der Waals surface area (Å²) in [6.45, 7) is 2.97. The quantitative estimate of drug-likeness (QED) is 0.859. The highest BCUT2D eigenvalue weighted by Gasteiger charge is 2.06. The van der Waals surface area contributed by atoms with E-state index in [-0.39, 0.29) is 0 Å². The molecule has 2 aromatic heterocycles. The highest BCUT2D eigenvalue weighted by Crippen LogP contribution is 2.29. The van der Waals surface area contributed by atoms with Gasteiger partial charge in [-0.15, -0.1) is 0 Å². The van der Waals surface area contributed by atoms with Gasteiger partial charge in [-0.2, -0.15) is 5.10 Å². The number of aromatic nitrogens is 3. The molecule has 0 atom stereocenters. The standard InChI is InChI=1S/C11H11BrClN3O/c1-2-3-16-7-9(6-15-16)17-11-10(12)4-8(13)5-14-11/h4-7H,2-3H2,1H3. The smallest absolute Gasteiger partial charge is 0.233 e. The molecule has 2 rings (SSSR count). The summed E-state index contributed by atoms with van der Waals surface area (Å²) in [7, 11) is 0. The lowest BCUT2D eigenvalue weighted by atomic mass is 10.5. The van der Waals surface area contributed by atoms with E-state index in [0.29, 0.717) is 21.1 Å². The van der Waals surface area contributed by atoms with Crippen molar-refractivity contribution in [2.24, 2.45) is 0 Å². The third kappa shape index (κ3) is 3.20. The molecule has 2 heterocycles. The number of hydrogen-bond acceptors (Lipinski definition) is 3. The molecule has 6 heteroatoms. The van der Waals surface area contributed by atoms with Crippen molar-refractivity contribution in [1.82, 2.24) is 14.8 Å². The zero-order valence-corrected chi connectivity index (χ0v) is 11.6. The number of halogens is 2. The maximum absolute atomic E-state index is 5.80. The Labute approximate surface area is 113 Å². The van der Waals surface area contributed by atoms with E-state index in [0.717, 1.165) is 13.0 Å². The molecule has 4 nitrogen and oxygen atoms in total. The SMILES string of the molecule is CCCn1cc(Oc2ncc(Cl)cc2Br)cn1. The van der Waals surface area contributed by atoms with E-state index in [1.807, 2.05) is 10.9 Å². The molecule has 0 N–H and O–H groups in total. The number of nitrogens with zero attached hydrogens (tertiary/aromatic N) is 3. The first kappa shape index (κ1) is 12.4. The molecule has 0 saturated heterocycles. The zero-order valence-electron chi connectivity index (χ0n) is 9.23. The fourth-order valence-corrected chi connectivity index (χ4v) is 2.06. The summed E-state index contributed by atoms with van der Waals surface area (Å²) in [6, 6.07) is 1.74. The lowest BCUT2D eigenvalue weighted by Crippen LogP contribution is -1.95. The van der Waals surface area contributed by atoms with E-state index in [2.05, 4.69) is 32.9 Å². The second kappa shape index (κ2) is 5.51. The van der Waals surface area contributed by atoms with Crippen LogP contribution in [0.1, 0.15) is 13.3 Å². The van der Waals surface area contributed by atoms with Gasteiger partial charge in [-0.25, -0.2) is 4.98 Å².